The molecule has 0 unspecified atom stereocenters. The first-order chi connectivity index (χ1) is 10.7. The molecule has 23 heavy (non-hydrogen) atoms. The molecular formula is C17H23FN2O3. The first kappa shape index (κ1) is 17.2. The molecule has 6 heteroatoms. The molecule has 0 spiro atoms. The zero-order valence-electron chi connectivity index (χ0n) is 14.0. The Morgan fingerprint density at radius 1 is 1.35 bits per heavy atom. The van der Waals surface area contributed by atoms with E-state index in [1.54, 1.807) is 33.8 Å². The number of ether oxygens (including phenoxy) is 1. The third kappa shape index (κ3) is 4.43. The molecule has 1 aromatic carbocycles. The van der Waals surface area contributed by atoms with Crippen molar-refractivity contribution in [3.63, 3.8) is 0 Å². The normalized spacial score (nSPS) is 18.0. The summed E-state index contributed by atoms with van der Waals surface area (Å²) in [6, 6.07) is 3.63. The first-order valence-electron chi connectivity index (χ1n) is 7.74. The van der Waals surface area contributed by atoms with Gasteiger partial charge in [0.05, 0.1) is 0 Å². The zero-order valence-corrected chi connectivity index (χ0v) is 14.0. The van der Waals surface area contributed by atoms with E-state index < -0.39 is 23.6 Å². The first-order valence-corrected chi connectivity index (χ1v) is 7.74. The van der Waals surface area contributed by atoms with Crippen molar-refractivity contribution in [3.05, 3.63) is 29.6 Å². The zero-order chi connectivity index (χ0) is 17.2. The topological polar surface area (TPSA) is 58.6 Å². The number of benzene rings is 1. The maximum atomic E-state index is 13.3. The third-order valence-corrected chi connectivity index (χ3v) is 3.64. The number of halogens is 1. The molecule has 1 aliphatic heterocycles. The summed E-state index contributed by atoms with van der Waals surface area (Å²) in [6.45, 7) is 7.62. The molecular weight excluding hydrogens is 299 g/mol. The van der Waals surface area contributed by atoms with Crippen LogP contribution in [0.15, 0.2) is 18.2 Å². The maximum Gasteiger partial charge on any atom is 0.410 e. The highest BCUT2D eigenvalue weighted by atomic mass is 19.1. The summed E-state index contributed by atoms with van der Waals surface area (Å²) in [5.41, 5.74) is 0.576. The summed E-state index contributed by atoms with van der Waals surface area (Å²) in [5, 5.41) is 2.71. The van der Waals surface area contributed by atoms with Crippen molar-refractivity contribution in [2.45, 2.75) is 52.2 Å². The fraction of sp³-hybridized carbons (Fsp3) is 0.529. The van der Waals surface area contributed by atoms with Crippen molar-refractivity contribution in [1.29, 1.82) is 0 Å². The van der Waals surface area contributed by atoms with Gasteiger partial charge in [0.2, 0.25) is 5.91 Å². The molecule has 2 amide bonds. The van der Waals surface area contributed by atoms with Crippen molar-refractivity contribution < 1.29 is 18.7 Å². The number of amides is 2. The van der Waals surface area contributed by atoms with Crippen molar-refractivity contribution in [2.75, 3.05) is 11.9 Å². The Morgan fingerprint density at radius 2 is 2.04 bits per heavy atom. The molecule has 0 aromatic heterocycles. The second-order valence-electron chi connectivity index (χ2n) is 6.78. The van der Waals surface area contributed by atoms with Gasteiger partial charge in [0.15, 0.2) is 0 Å². The smallest absolute Gasteiger partial charge is 0.410 e. The second kappa shape index (κ2) is 6.56. The largest absolute Gasteiger partial charge is 0.444 e. The van der Waals surface area contributed by atoms with Crippen LogP contribution in [0.5, 0.6) is 0 Å². The van der Waals surface area contributed by atoms with Gasteiger partial charge >= 0.3 is 6.09 Å². The van der Waals surface area contributed by atoms with Crippen LogP contribution >= 0.6 is 0 Å². The number of rotatable bonds is 2. The minimum absolute atomic E-state index is 0.318. The van der Waals surface area contributed by atoms with Crippen LogP contribution in [0.4, 0.5) is 14.9 Å². The van der Waals surface area contributed by atoms with Gasteiger partial charge < -0.3 is 10.1 Å². The Balaban J connectivity index is 2.08. The lowest BCUT2D eigenvalue weighted by atomic mass is 10.1. The predicted molar refractivity (Wildman–Crippen MR) is 85.7 cm³/mol. The number of likely N-dealkylation sites (tertiary alicyclic amines) is 1. The summed E-state index contributed by atoms with van der Waals surface area (Å²) in [4.78, 5) is 26.1. The number of aryl methyl sites for hydroxylation is 1. The number of nitrogens with zero attached hydrogens (tertiary/aromatic N) is 1. The van der Waals surface area contributed by atoms with Crippen LogP contribution in [0.2, 0.25) is 0 Å². The van der Waals surface area contributed by atoms with Crippen LogP contribution < -0.4 is 5.32 Å². The van der Waals surface area contributed by atoms with Crippen molar-refractivity contribution in [2.24, 2.45) is 0 Å². The lowest BCUT2D eigenvalue weighted by Gasteiger charge is -2.28. The Labute approximate surface area is 135 Å². The molecule has 1 saturated heterocycles. The Bertz CT molecular complexity index is 610. The van der Waals surface area contributed by atoms with Gasteiger partial charge in [-0.05, 0) is 58.2 Å². The monoisotopic (exact) mass is 322 g/mol. The van der Waals surface area contributed by atoms with E-state index in [2.05, 4.69) is 5.32 Å². The van der Waals surface area contributed by atoms with E-state index in [4.69, 9.17) is 4.74 Å². The number of carbonyl (C=O) groups is 2. The highest BCUT2D eigenvalue weighted by molar-refractivity contribution is 5.97. The van der Waals surface area contributed by atoms with Gasteiger partial charge in [-0.25, -0.2) is 9.18 Å². The van der Waals surface area contributed by atoms with Gasteiger partial charge in [-0.1, -0.05) is 6.07 Å². The molecule has 0 aliphatic carbocycles. The van der Waals surface area contributed by atoms with Crippen LogP contribution in [0, 0.1) is 12.7 Å². The molecule has 0 radical (unpaired) electrons. The minimum Gasteiger partial charge on any atom is -0.444 e. The molecule has 1 N–H and O–H groups in total. The molecule has 0 saturated carbocycles. The summed E-state index contributed by atoms with van der Waals surface area (Å²) < 4.78 is 18.7. The summed E-state index contributed by atoms with van der Waals surface area (Å²) in [5.74, 6) is -0.733. The van der Waals surface area contributed by atoms with Crippen LogP contribution in [0.3, 0.4) is 0 Å². The van der Waals surface area contributed by atoms with Gasteiger partial charge in [0, 0.05) is 12.2 Å². The van der Waals surface area contributed by atoms with Crippen LogP contribution in [0.1, 0.15) is 39.2 Å². The third-order valence-electron chi connectivity index (χ3n) is 3.64. The number of hydrogen-bond donors (Lipinski definition) is 1. The molecule has 1 atom stereocenters. The van der Waals surface area contributed by atoms with E-state index in [1.807, 2.05) is 0 Å². The van der Waals surface area contributed by atoms with Crippen LogP contribution in [0.25, 0.3) is 0 Å². The maximum absolute atomic E-state index is 13.3. The van der Waals surface area contributed by atoms with E-state index in [0.29, 0.717) is 18.7 Å². The van der Waals surface area contributed by atoms with Crippen LogP contribution in [-0.2, 0) is 9.53 Å². The van der Waals surface area contributed by atoms with Gasteiger partial charge in [-0.3, -0.25) is 9.69 Å². The molecule has 1 aromatic rings. The minimum atomic E-state index is -0.611. The van der Waals surface area contributed by atoms with Gasteiger partial charge in [-0.15, -0.1) is 0 Å². The van der Waals surface area contributed by atoms with E-state index in [-0.39, 0.29) is 5.91 Å². The van der Waals surface area contributed by atoms with E-state index >= 15 is 0 Å². The molecule has 1 aliphatic rings. The quantitative estimate of drug-likeness (QED) is 0.907. The molecule has 0 bridgehead atoms. The number of hydrogen-bond acceptors (Lipinski definition) is 3. The van der Waals surface area contributed by atoms with Crippen LogP contribution in [-0.4, -0.2) is 35.1 Å². The number of anilines is 1. The summed E-state index contributed by atoms with van der Waals surface area (Å²) in [6.07, 6.45) is 0.810. The van der Waals surface area contributed by atoms with E-state index in [0.717, 1.165) is 12.0 Å². The second-order valence-corrected chi connectivity index (χ2v) is 6.78. The molecule has 2 rings (SSSR count). The molecule has 1 fully saturated rings. The SMILES string of the molecule is Cc1ccc(F)cc1NC(=O)[C@@H]1CCCN1C(=O)OC(C)(C)C. The Hall–Kier alpha value is -2.11. The average molecular weight is 322 g/mol. The van der Waals surface area contributed by atoms with Gasteiger partial charge in [-0.2, -0.15) is 0 Å². The summed E-state index contributed by atoms with van der Waals surface area (Å²) in [7, 11) is 0. The lowest BCUT2D eigenvalue weighted by molar-refractivity contribution is -0.120. The Morgan fingerprint density at radius 3 is 2.70 bits per heavy atom. The number of carbonyl (C=O) groups excluding carboxylic acids is 2. The predicted octanol–water partition coefficient (Wildman–Crippen LogP) is 3.47. The highest BCUT2D eigenvalue weighted by Gasteiger charge is 2.36. The Kier molecular flexibility index (Phi) is 4.92. The van der Waals surface area contributed by atoms with Gasteiger partial charge in [0.25, 0.3) is 0 Å². The average Bonchev–Trinajstić information content (AvgIpc) is 2.90. The van der Waals surface area contributed by atoms with Gasteiger partial charge in [0.1, 0.15) is 17.5 Å². The number of nitrogens with one attached hydrogen (secondary N) is 1. The van der Waals surface area contributed by atoms with E-state index in [1.165, 1.54) is 17.0 Å². The lowest BCUT2D eigenvalue weighted by Crippen LogP contribution is -2.45. The molecule has 126 valence electrons. The molecule has 1 heterocycles. The van der Waals surface area contributed by atoms with E-state index in [9.17, 15) is 14.0 Å². The standard InChI is InChI=1S/C17H23FN2O3/c1-11-7-8-12(18)10-13(11)19-15(21)14-6-5-9-20(14)16(22)23-17(2,3)4/h7-8,10,14H,5-6,9H2,1-4H3,(H,19,21)/t14-/m0/s1. The fourth-order valence-electron chi connectivity index (χ4n) is 2.52. The fourth-order valence-corrected chi connectivity index (χ4v) is 2.52. The van der Waals surface area contributed by atoms with Crippen molar-refractivity contribution >= 4 is 17.7 Å². The molecule has 5 nitrogen and oxygen atoms in total. The highest BCUT2D eigenvalue weighted by Crippen LogP contribution is 2.23. The van der Waals surface area contributed by atoms with Crippen molar-refractivity contribution in [3.8, 4) is 0 Å². The van der Waals surface area contributed by atoms with Crippen molar-refractivity contribution in [1.82, 2.24) is 4.90 Å². The summed E-state index contributed by atoms with van der Waals surface area (Å²) >= 11 is 0.